The normalized spacial score (nSPS) is 19.4. The fraction of sp³-hybridized carbons (Fsp3) is 0.630. The predicted molar refractivity (Wildman–Crippen MR) is 139 cm³/mol. The highest BCUT2D eigenvalue weighted by atomic mass is 19.1. The molecule has 1 saturated heterocycles. The number of alkyl carbamates (subject to hydrolysis) is 1. The molecule has 196 valence electrons. The van der Waals surface area contributed by atoms with Crippen LogP contribution >= 0.6 is 0 Å². The summed E-state index contributed by atoms with van der Waals surface area (Å²) in [6.45, 7) is 10.7. The van der Waals surface area contributed by atoms with Crippen LogP contribution in [0.4, 0.5) is 9.18 Å². The van der Waals surface area contributed by atoms with Crippen molar-refractivity contribution >= 4 is 29.4 Å². The summed E-state index contributed by atoms with van der Waals surface area (Å²) >= 11 is 0. The van der Waals surface area contributed by atoms with Gasteiger partial charge in [-0.15, -0.1) is 0 Å². The molecular formula is C27H38BFN2O5. The molecule has 1 amide bonds. The quantitative estimate of drug-likeness (QED) is 0.383. The number of pyridine rings is 1. The lowest BCUT2D eigenvalue weighted by Gasteiger charge is -2.32. The number of halogens is 1. The molecule has 2 fully saturated rings. The number of hydrogen-bond acceptors (Lipinski definition) is 5. The Balaban J connectivity index is 1.42. The molecule has 0 bridgehead atoms. The molecule has 1 aliphatic heterocycles. The van der Waals surface area contributed by atoms with Crippen LogP contribution in [0.25, 0.3) is 10.8 Å². The van der Waals surface area contributed by atoms with E-state index in [4.69, 9.17) is 14.0 Å². The van der Waals surface area contributed by atoms with Gasteiger partial charge < -0.3 is 23.9 Å². The maximum Gasteiger partial charge on any atom is 0.497 e. The lowest BCUT2D eigenvalue weighted by atomic mass is 9.78. The maximum absolute atomic E-state index is 15.1. The number of nitrogens with one attached hydrogen (secondary N) is 1. The number of ether oxygens (including phenoxy) is 1. The van der Waals surface area contributed by atoms with Crippen LogP contribution in [0.2, 0.25) is 0 Å². The summed E-state index contributed by atoms with van der Waals surface area (Å²) in [4.78, 5) is 25.2. The topological polar surface area (TPSA) is 78.8 Å². The summed E-state index contributed by atoms with van der Waals surface area (Å²) < 4.78 is 34.0. The second kappa shape index (κ2) is 10.5. The van der Waals surface area contributed by atoms with Crippen molar-refractivity contribution in [3.05, 3.63) is 40.6 Å². The molecule has 2 heterocycles. The number of hydrogen-bond donors (Lipinski definition) is 1. The van der Waals surface area contributed by atoms with E-state index in [1.165, 1.54) is 6.07 Å². The first-order valence-corrected chi connectivity index (χ1v) is 13.1. The van der Waals surface area contributed by atoms with Gasteiger partial charge in [0.2, 0.25) is 0 Å². The summed E-state index contributed by atoms with van der Waals surface area (Å²) in [6, 6.07) is 4.81. The lowest BCUT2D eigenvalue weighted by molar-refractivity contribution is 0.00578. The van der Waals surface area contributed by atoms with Crippen molar-refractivity contribution in [3.63, 3.8) is 0 Å². The number of nitrogens with zero attached hydrogens (tertiary/aromatic N) is 1. The van der Waals surface area contributed by atoms with Gasteiger partial charge in [-0.2, -0.15) is 0 Å². The molecule has 0 radical (unpaired) electrons. The molecule has 1 N–H and O–H groups in total. The average Bonchev–Trinajstić information content (AvgIpc) is 3.61. The molecule has 36 heavy (non-hydrogen) atoms. The highest BCUT2D eigenvalue weighted by Gasteiger charge is 2.52. The molecule has 1 aliphatic carbocycles. The fourth-order valence-electron chi connectivity index (χ4n) is 4.56. The molecule has 7 nitrogen and oxygen atoms in total. The van der Waals surface area contributed by atoms with Gasteiger partial charge in [0.05, 0.1) is 23.2 Å². The second-order valence-corrected chi connectivity index (χ2v) is 11.1. The van der Waals surface area contributed by atoms with E-state index in [0.29, 0.717) is 35.3 Å². The van der Waals surface area contributed by atoms with Crippen molar-refractivity contribution in [1.29, 1.82) is 0 Å². The number of fused-ring (bicyclic) bond motifs is 1. The van der Waals surface area contributed by atoms with Gasteiger partial charge in [-0.1, -0.05) is 19.4 Å². The molecule has 0 unspecified atom stereocenters. The third-order valence-electron chi connectivity index (χ3n) is 7.74. The van der Waals surface area contributed by atoms with Crippen molar-refractivity contribution < 1.29 is 23.2 Å². The standard InChI is InChI=1S/C27H38BFN2O5/c1-6-7-15-34-25(33)30-23(18-10-11-18)9-8-13-31-14-12-19-16-21(22(29)17-20(19)24(31)32)28-35-26(2,3)27(4,5)36-28/h12,14,16-18,23H,6-11,13,15H2,1-5H3,(H,30,33)/t23-/m1/s1. The van der Waals surface area contributed by atoms with Crippen LogP contribution in [0.15, 0.2) is 29.2 Å². The Bertz CT molecular complexity index is 1140. The van der Waals surface area contributed by atoms with Crippen LogP contribution in [0, 0.1) is 11.7 Å². The third kappa shape index (κ3) is 5.78. The van der Waals surface area contributed by atoms with E-state index < -0.39 is 24.1 Å². The zero-order chi connectivity index (χ0) is 26.1. The molecule has 9 heteroatoms. The number of rotatable bonds is 10. The van der Waals surface area contributed by atoms with Gasteiger partial charge >= 0.3 is 13.2 Å². The van der Waals surface area contributed by atoms with Crippen molar-refractivity contribution in [1.82, 2.24) is 9.88 Å². The molecule has 2 aromatic rings. The zero-order valence-corrected chi connectivity index (χ0v) is 22.1. The SMILES string of the molecule is CCCCOC(=O)N[C@H](CCCn1ccc2cc(B3OC(C)(C)C(C)(C)O3)c(F)cc2c1=O)C1CC1. The Morgan fingerprint density at radius 3 is 2.56 bits per heavy atom. The van der Waals surface area contributed by atoms with Crippen LogP contribution in [0.1, 0.15) is 73.1 Å². The monoisotopic (exact) mass is 500 g/mol. The first kappa shape index (κ1) is 26.7. The first-order valence-electron chi connectivity index (χ1n) is 13.1. The Morgan fingerprint density at radius 2 is 1.92 bits per heavy atom. The molecule has 4 rings (SSSR count). The predicted octanol–water partition coefficient (Wildman–Crippen LogP) is 4.52. The molecule has 1 atom stereocenters. The minimum absolute atomic E-state index is 0.0511. The van der Waals surface area contributed by atoms with Crippen LogP contribution in [-0.2, 0) is 20.6 Å². The number of carbonyl (C=O) groups excluding carboxylic acids is 1. The minimum atomic E-state index is -0.831. The number of carbonyl (C=O) groups is 1. The van der Waals surface area contributed by atoms with Crippen LogP contribution in [0.5, 0.6) is 0 Å². The highest BCUT2D eigenvalue weighted by Crippen LogP contribution is 2.37. The number of amides is 1. The van der Waals surface area contributed by atoms with Crippen molar-refractivity contribution in [2.45, 2.75) is 96.9 Å². The smallest absolute Gasteiger partial charge is 0.450 e. The minimum Gasteiger partial charge on any atom is -0.450 e. The van der Waals surface area contributed by atoms with Gasteiger partial charge in [0.25, 0.3) is 5.56 Å². The highest BCUT2D eigenvalue weighted by molar-refractivity contribution is 6.62. The average molecular weight is 500 g/mol. The van der Waals surface area contributed by atoms with E-state index in [1.807, 2.05) is 33.8 Å². The van der Waals surface area contributed by atoms with Crippen molar-refractivity contribution in [2.24, 2.45) is 5.92 Å². The maximum atomic E-state index is 15.1. The summed E-state index contributed by atoms with van der Waals surface area (Å²) in [5.74, 6) is -0.0463. The van der Waals surface area contributed by atoms with Gasteiger partial charge in [0, 0.05) is 24.2 Å². The van der Waals surface area contributed by atoms with Crippen LogP contribution in [0.3, 0.4) is 0 Å². The van der Waals surface area contributed by atoms with E-state index in [0.717, 1.165) is 38.5 Å². The van der Waals surface area contributed by atoms with E-state index in [1.54, 1.807) is 16.8 Å². The van der Waals surface area contributed by atoms with Gasteiger partial charge in [-0.25, -0.2) is 9.18 Å². The van der Waals surface area contributed by atoms with E-state index in [-0.39, 0.29) is 17.7 Å². The van der Waals surface area contributed by atoms with Gasteiger partial charge in [0.1, 0.15) is 5.82 Å². The Labute approximate surface area is 212 Å². The van der Waals surface area contributed by atoms with Gasteiger partial charge in [0.15, 0.2) is 0 Å². The van der Waals surface area contributed by atoms with E-state index in [2.05, 4.69) is 12.2 Å². The Kier molecular flexibility index (Phi) is 7.81. The largest absolute Gasteiger partial charge is 0.497 e. The Hall–Kier alpha value is -2.39. The summed E-state index contributed by atoms with van der Waals surface area (Å²) in [5.41, 5.74) is -1.10. The van der Waals surface area contributed by atoms with Gasteiger partial charge in [-0.3, -0.25) is 4.79 Å². The summed E-state index contributed by atoms with van der Waals surface area (Å²) in [5, 5.41) is 3.97. The molecular weight excluding hydrogens is 462 g/mol. The summed E-state index contributed by atoms with van der Waals surface area (Å²) in [6.07, 6.45) is 6.88. The number of aromatic nitrogens is 1. The second-order valence-electron chi connectivity index (χ2n) is 11.1. The third-order valence-corrected chi connectivity index (χ3v) is 7.74. The van der Waals surface area contributed by atoms with Crippen LogP contribution in [-0.4, -0.2) is 41.6 Å². The molecule has 1 saturated carbocycles. The van der Waals surface area contributed by atoms with E-state index in [9.17, 15) is 9.59 Å². The molecule has 1 aromatic carbocycles. The first-order chi connectivity index (χ1) is 17.0. The van der Waals surface area contributed by atoms with E-state index >= 15 is 4.39 Å². The number of aryl methyl sites for hydroxylation is 1. The molecule has 0 spiro atoms. The molecule has 1 aromatic heterocycles. The number of unbranched alkanes of at least 4 members (excludes halogenated alkanes) is 1. The van der Waals surface area contributed by atoms with Crippen molar-refractivity contribution in [3.8, 4) is 0 Å². The number of benzene rings is 1. The summed E-state index contributed by atoms with van der Waals surface area (Å²) in [7, 11) is -0.831. The van der Waals surface area contributed by atoms with Crippen LogP contribution < -0.4 is 16.3 Å². The van der Waals surface area contributed by atoms with Gasteiger partial charge in [-0.05, 0) is 83.2 Å². The molecule has 2 aliphatic rings. The lowest BCUT2D eigenvalue weighted by Crippen LogP contribution is -2.41. The zero-order valence-electron chi connectivity index (χ0n) is 22.1. The van der Waals surface area contributed by atoms with Crippen molar-refractivity contribution in [2.75, 3.05) is 6.61 Å². The Morgan fingerprint density at radius 1 is 1.22 bits per heavy atom. The fourth-order valence-corrected chi connectivity index (χ4v) is 4.56.